The molecule has 0 aliphatic heterocycles. The second-order valence-corrected chi connectivity index (χ2v) is 6.06. The first-order chi connectivity index (χ1) is 14.3. The second-order valence-electron chi connectivity index (χ2n) is 6.06. The van der Waals surface area contributed by atoms with Gasteiger partial charge in [-0.3, -0.25) is 9.89 Å². The van der Waals surface area contributed by atoms with E-state index in [9.17, 15) is 18.0 Å². The topological polar surface area (TPSA) is 88.6 Å². The molecule has 2 N–H and O–H groups in total. The average molecular weight is 418 g/mol. The number of hydrogen-bond donors (Lipinski definition) is 2. The van der Waals surface area contributed by atoms with Gasteiger partial charge in [0.25, 0.3) is 5.91 Å². The number of nitrogens with one attached hydrogen (secondary N) is 2. The molecule has 0 saturated heterocycles. The van der Waals surface area contributed by atoms with Gasteiger partial charge in [0.2, 0.25) is 0 Å². The van der Waals surface area contributed by atoms with Crippen molar-refractivity contribution in [2.24, 2.45) is 5.10 Å². The number of amides is 1. The fraction of sp³-hybridized carbons (Fsp3) is 0.150. The van der Waals surface area contributed by atoms with Crippen LogP contribution in [0.15, 0.2) is 53.6 Å². The van der Waals surface area contributed by atoms with E-state index in [1.807, 2.05) is 0 Å². The number of hydrogen-bond acceptors (Lipinski definition) is 5. The van der Waals surface area contributed by atoms with E-state index in [0.29, 0.717) is 28.3 Å². The van der Waals surface area contributed by atoms with E-state index in [4.69, 9.17) is 9.47 Å². The van der Waals surface area contributed by atoms with Gasteiger partial charge in [0.05, 0.1) is 31.7 Å². The Morgan fingerprint density at radius 1 is 1.07 bits per heavy atom. The Balaban J connectivity index is 1.66. The van der Waals surface area contributed by atoms with Gasteiger partial charge in [-0.2, -0.15) is 23.4 Å². The van der Waals surface area contributed by atoms with Gasteiger partial charge in [-0.05, 0) is 42.0 Å². The molecule has 1 heterocycles. The maximum absolute atomic E-state index is 12.6. The van der Waals surface area contributed by atoms with Gasteiger partial charge in [0.1, 0.15) is 5.69 Å². The summed E-state index contributed by atoms with van der Waals surface area (Å²) in [6, 6.07) is 11.1. The number of rotatable bonds is 6. The van der Waals surface area contributed by atoms with Crippen LogP contribution in [0.25, 0.3) is 11.3 Å². The molecular formula is C20H17F3N4O3. The summed E-state index contributed by atoms with van der Waals surface area (Å²) in [5.74, 6) is 0.523. The highest BCUT2D eigenvalue weighted by Crippen LogP contribution is 2.31. The van der Waals surface area contributed by atoms with Crippen LogP contribution in [0.5, 0.6) is 11.5 Å². The molecule has 0 radical (unpaired) electrons. The Hall–Kier alpha value is -3.82. The number of H-pyrrole nitrogens is 1. The first-order valence-corrected chi connectivity index (χ1v) is 8.60. The zero-order valence-electron chi connectivity index (χ0n) is 15.9. The average Bonchev–Trinajstić information content (AvgIpc) is 3.23. The minimum absolute atomic E-state index is 0.157. The van der Waals surface area contributed by atoms with Crippen molar-refractivity contribution in [1.82, 2.24) is 15.6 Å². The van der Waals surface area contributed by atoms with Crippen LogP contribution in [0.1, 0.15) is 21.6 Å². The van der Waals surface area contributed by atoms with Crippen molar-refractivity contribution >= 4 is 12.1 Å². The second kappa shape index (κ2) is 8.68. The molecule has 0 bridgehead atoms. The van der Waals surface area contributed by atoms with Gasteiger partial charge in [0, 0.05) is 5.56 Å². The number of aromatic amines is 1. The molecule has 10 heteroatoms. The fourth-order valence-electron chi connectivity index (χ4n) is 2.57. The monoisotopic (exact) mass is 418 g/mol. The van der Waals surface area contributed by atoms with E-state index in [-0.39, 0.29) is 5.69 Å². The molecule has 0 spiro atoms. The van der Waals surface area contributed by atoms with Crippen molar-refractivity contribution in [3.05, 3.63) is 65.4 Å². The number of alkyl halides is 3. The van der Waals surface area contributed by atoms with Crippen LogP contribution < -0.4 is 14.9 Å². The Morgan fingerprint density at radius 2 is 1.77 bits per heavy atom. The Bertz CT molecular complexity index is 1060. The third kappa shape index (κ3) is 4.77. The van der Waals surface area contributed by atoms with Gasteiger partial charge >= 0.3 is 6.18 Å². The highest BCUT2D eigenvalue weighted by molar-refractivity contribution is 5.94. The molecule has 0 atom stereocenters. The van der Waals surface area contributed by atoms with Crippen LogP contribution in [0.3, 0.4) is 0 Å². The van der Waals surface area contributed by atoms with E-state index in [1.54, 1.807) is 18.2 Å². The zero-order chi connectivity index (χ0) is 21.7. The Kier molecular flexibility index (Phi) is 6.05. The first-order valence-electron chi connectivity index (χ1n) is 8.60. The number of carbonyl (C=O) groups is 1. The molecule has 0 unspecified atom stereocenters. The normalized spacial score (nSPS) is 11.5. The number of ether oxygens (including phenoxy) is 2. The highest BCUT2D eigenvalue weighted by Gasteiger charge is 2.29. The largest absolute Gasteiger partial charge is 0.493 e. The van der Waals surface area contributed by atoms with Crippen molar-refractivity contribution < 1.29 is 27.4 Å². The van der Waals surface area contributed by atoms with Crippen molar-refractivity contribution in [3.63, 3.8) is 0 Å². The van der Waals surface area contributed by atoms with Crippen LogP contribution in [-0.4, -0.2) is 36.5 Å². The van der Waals surface area contributed by atoms with E-state index < -0.39 is 17.6 Å². The Morgan fingerprint density at radius 3 is 2.40 bits per heavy atom. The standard InChI is InChI=1S/C20H17F3N4O3/c1-29-17-8-5-13(9-18(17)30-2)15-10-16(26-25-15)19(28)27-24-11-12-3-6-14(7-4-12)20(21,22)23/h3-11H,1-2H3,(H,25,26)(H,27,28)/b24-11+. The lowest BCUT2D eigenvalue weighted by Crippen LogP contribution is -2.18. The van der Waals surface area contributed by atoms with Crippen LogP contribution in [-0.2, 0) is 6.18 Å². The molecule has 0 aliphatic carbocycles. The quantitative estimate of drug-likeness (QED) is 0.470. The predicted octanol–water partition coefficient (Wildman–Crippen LogP) is 3.88. The molecule has 3 aromatic rings. The van der Waals surface area contributed by atoms with E-state index in [2.05, 4.69) is 20.7 Å². The zero-order valence-corrected chi connectivity index (χ0v) is 15.9. The molecule has 30 heavy (non-hydrogen) atoms. The number of benzene rings is 2. The maximum atomic E-state index is 12.6. The molecule has 7 nitrogen and oxygen atoms in total. The number of methoxy groups -OCH3 is 2. The lowest BCUT2D eigenvalue weighted by Gasteiger charge is -2.08. The SMILES string of the molecule is COc1ccc(-c2cc(C(=O)N/N=C/c3ccc(C(F)(F)F)cc3)[nH]n2)cc1OC. The van der Waals surface area contributed by atoms with Gasteiger partial charge in [-0.15, -0.1) is 0 Å². The molecule has 0 fully saturated rings. The summed E-state index contributed by atoms with van der Waals surface area (Å²) in [6.07, 6.45) is -3.17. The molecule has 3 rings (SSSR count). The molecular weight excluding hydrogens is 401 g/mol. The summed E-state index contributed by atoms with van der Waals surface area (Å²) >= 11 is 0. The van der Waals surface area contributed by atoms with Crippen LogP contribution >= 0.6 is 0 Å². The van der Waals surface area contributed by atoms with Gasteiger partial charge in [-0.25, -0.2) is 5.43 Å². The molecule has 0 aliphatic rings. The third-order valence-electron chi connectivity index (χ3n) is 4.12. The predicted molar refractivity (Wildman–Crippen MR) is 104 cm³/mol. The van der Waals surface area contributed by atoms with Crippen LogP contribution in [0, 0.1) is 0 Å². The summed E-state index contributed by atoms with van der Waals surface area (Å²) in [7, 11) is 3.04. The number of nitrogens with zero attached hydrogens (tertiary/aromatic N) is 2. The first kappa shape index (κ1) is 20.9. The summed E-state index contributed by atoms with van der Waals surface area (Å²) in [5.41, 5.74) is 3.30. The molecule has 1 aromatic heterocycles. The number of carbonyl (C=O) groups excluding carboxylic acids is 1. The highest BCUT2D eigenvalue weighted by atomic mass is 19.4. The maximum Gasteiger partial charge on any atom is 0.416 e. The lowest BCUT2D eigenvalue weighted by molar-refractivity contribution is -0.137. The smallest absolute Gasteiger partial charge is 0.416 e. The van der Waals surface area contributed by atoms with Gasteiger partial charge < -0.3 is 9.47 Å². The number of aromatic nitrogens is 2. The lowest BCUT2D eigenvalue weighted by atomic mass is 10.1. The molecule has 2 aromatic carbocycles. The minimum atomic E-state index is -4.41. The van der Waals surface area contributed by atoms with E-state index in [0.717, 1.165) is 12.1 Å². The third-order valence-corrected chi connectivity index (χ3v) is 4.12. The summed E-state index contributed by atoms with van der Waals surface area (Å²) in [4.78, 5) is 12.2. The summed E-state index contributed by atoms with van der Waals surface area (Å²) in [5, 5.41) is 10.5. The fourth-order valence-corrected chi connectivity index (χ4v) is 2.57. The Labute approximate surface area is 169 Å². The number of hydrazone groups is 1. The minimum Gasteiger partial charge on any atom is -0.493 e. The molecule has 156 valence electrons. The van der Waals surface area contributed by atoms with E-state index in [1.165, 1.54) is 38.6 Å². The van der Waals surface area contributed by atoms with Crippen molar-refractivity contribution in [3.8, 4) is 22.8 Å². The molecule has 0 saturated carbocycles. The van der Waals surface area contributed by atoms with Crippen molar-refractivity contribution in [1.29, 1.82) is 0 Å². The summed E-state index contributed by atoms with van der Waals surface area (Å²) in [6.45, 7) is 0. The number of halogens is 3. The van der Waals surface area contributed by atoms with Crippen molar-refractivity contribution in [2.45, 2.75) is 6.18 Å². The van der Waals surface area contributed by atoms with Crippen LogP contribution in [0.4, 0.5) is 13.2 Å². The van der Waals surface area contributed by atoms with Gasteiger partial charge in [-0.1, -0.05) is 12.1 Å². The van der Waals surface area contributed by atoms with E-state index >= 15 is 0 Å². The van der Waals surface area contributed by atoms with Gasteiger partial charge in [0.15, 0.2) is 11.5 Å². The van der Waals surface area contributed by atoms with Crippen molar-refractivity contribution in [2.75, 3.05) is 14.2 Å². The van der Waals surface area contributed by atoms with Crippen LogP contribution in [0.2, 0.25) is 0 Å². The molecule has 1 amide bonds. The summed E-state index contributed by atoms with van der Waals surface area (Å²) < 4.78 is 48.1.